The minimum Gasteiger partial charge on any atom is -0.496 e. The van der Waals surface area contributed by atoms with Gasteiger partial charge in [0.1, 0.15) is 5.75 Å². The largest absolute Gasteiger partial charge is 0.496 e. The maximum atomic E-state index is 12.6. The molecular formula is C22H18N2O4. The molecule has 0 heterocycles. The average Bonchev–Trinajstić information content (AvgIpc) is 2.72. The molecule has 6 nitrogen and oxygen atoms in total. The minimum absolute atomic E-state index is 0.350. The van der Waals surface area contributed by atoms with Gasteiger partial charge in [0.15, 0.2) is 6.10 Å². The molecule has 0 unspecified atom stereocenters. The van der Waals surface area contributed by atoms with Crippen molar-refractivity contribution in [1.82, 2.24) is 0 Å². The molecule has 0 saturated carbocycles. The summed E-state index contributed by atoms with van der Waals surface area (Å²) in [5, 5.41) is 13.0. The number of nitrogens with one attached hydrogen (secondary N) is 1. The Morgan fingerprint density at radius 2 is 1.79 bits per heavy atom. The first-order chi connectivity index (χ1) is 13.5. The number of ether oxygens (including phenoxy) is 2. The van der Waals surface area contributed by atoms with Crippen LogP contribution in [0.4, 0.5) is 5.69 Å². The maximum Gasteiger partial charge on any atom is 0.339 e. The highest BCUT2D eigenvalue weighted by molar-refractivity contribution is 6.07. The summed E-state index contributed by atoms with van der Waals surface area (Å²) in [6, 6.07) is 19.1. The number of amides is 1. The summed E-state index contributed by atoms with van der Waals surface area (Å²) in [6.45, 7) is 1.49. The van der Waals surface area contributed by atoms with Crippen LogP contribution in [0.15, 0.2) is 60.7 Å². The molecular weight excluding hydrogens is 356 g/mol. The molecule has 28 heavy (non-hydrogen) atoms. The molecule has 1 amide bonds. The van der Waals surface area contributed by atoms with Gasteiger partial charge in [0.2, 0.25) is 0 Å². The van der Waals surface area contributed by atoms with E-state index in [9.17, 15) is 9.59 Å². The fourth-order valence-electron chi connectivity index (χ4n) is 2.82. The predicted octanol–water partition coefficient (Wildman–Crippen LogP) is 3.90. The summed E-state index contributed by atoms with van der Waals surface area (Å²) < 4.78 is 10.7. The number of fused-ring (bicyclic) bond motifs is 1. The van der Waals surface area contributed by atoms with Crippen molar-refractivity contribution >= 4 is 28.3 Å². The molecule has 0 aliphatic rings. The highest BCUT2D eigenvalue weighted by Gasteiger charge is 2.21. The Morgan fingerprint density at radius 3 is 2.50 bits per heavy atom. The molecule has 6 heteroatoms. The molecule has 0 aliphatic carbocycles. The SMILES string of the molecule is COc1ccc(C(=O)O[C@H](C)C(=O)Nc2cccc(C#N)c2)c2ccccc12. The maximum absolute atomic E-state index is 12.6. The van der Waals surface area contributed by atoms with Crippen molar-refractivity contribution in [3.8, 4) is 11.8 Å². The molecule has 140 valence electrons. The molecule has 3 aromatic carbocycles. The molecule has 3 rings (SSSR count). The number of carbonyl (C=O) groups is 2. The lowest BCUT2D eigenvalue weighted by Crippen LogP contribution is -2.30. The van der Waals surface area contributed by atoms with E-state index in [2.05, 4.69) is 5.32 Å². The smallest absolute Gasteiger partial charge is 0.339 e. The highest BCUT2D eigenvalue weighted by Crippen LogP contribution is 2.29. The van der Waals surface area contributed by atoms with Crippen LogP contribution in [-0.2, 0) is 9.53 Å². The van der Waals surface area contributed by atoms with Crippen molar-refractivity contribution in [2.75, 3.05) is 12.4 Å². The third-order valence-corrected chi connectivity index (χ3v) is 4.24. The first-order valence-corrected chi connectivity index (χ1v) is 8.61. The number of carbonyl (C=O) groups excluding carboxylic acids is 2. The van der Waals surface area contributed by atoms with Crippen LogP contribution in [0.3, 0.4) is 0 Å². The van der Waals surface area contributed by atoms with Crippen LogP contribution in [0.25, 0.3) is 10.8 Å². The highest BCUT2D eigenvalue weighted by atomic mass is 16.5. The molecule has 0 spiro atoms. The first kappa shape index (κ1) is 18.9. The van der Waals surface area contributed by atoms with E-state index in [1.165, 1.54) is 6.92 Å². The number of rotatable bonds is 5. The Hall–Kier alpha value is -3.85. The Morgan fingerprint density at radius 1 is 1.04 bits per heavy atom. The van der Waals surface area contributed by atoms with Gasteiger partial charge in [-0.1, -0.05) is 30.3 Å². The van der Waals surface area contributed by atoms with E-state index >= 15 is 0 Å². The van der Waals surface area contributed by atoms with E-state index in [1.807, 2.05) is 24.3 Å². The normalized spacial score (nSPS) is 11.3. The summed E-state index contributed by atoms with van der Waals surface area (Å²) in [5.41, 5.74) is 1.23. The minimum atomic E-state index is -1.01. The second-order valence-electron chi connectivity index (χ2n) is 6.09. The number of anilines is 1. The van der Waals surface area contributed by atoms with E-state index in [4.69, 9.17) is 14.7 Å². The molecule has 0 saturated heterocycles. The van der Waals surface area contributed by atoms with Crippen molar-refractivity contribution in [3.63, 3.8) is 0 Å². The van der Waals surface area contributed by atoms with Crippen molar-refractivity contribution in [1.29, 1.82) is 5.26 Å². The summed E-state index contributed by atoms with van der Waals surface area (Å²) in [4.78, 5) is 25.0. The molecule has 1 atom stereocenters. The van der Waals surface area contributed by atoms with Crippen molar-refractivity contribution < 1.29 is 19.1 Å². The molecule has 0 aromatic heterocycles. The van der Waals surface area contributed by atoms with Crippen molar-refractivity contribution in [2.24, 2.45) is 0 Å². The number of hydrogen-bond donors (Lipinski definition) is 1. The number of esters is 1. The Kier molecular flexibility index (Phi) is 5.56. The monoisotopic (exact) mass is 374 g/mol. The lowest BCUT2D eigenvalue weighted by molar-refractivity contribution is -0.123. The van der Waals surface area contributed by atoms with Gasteiger partial charge in [-0.3, -0.25) is 4.79 Å². The summed E-state index contributed by atoms with van der Waals surface area (Å²) in [6.07, 6.45) is -1.01. The first-order valence-electron chi connectivity index (χ1n) is 8.61. The van der Waals surface area contributed by atoms with Crippen LogP contribution < -0.4 is 10.1 Å². The van der Waals surface area contributed by atoms with Gasteiger partial charge in [-0.2, -0.15) is 5.26 Å². The quantitative estimate of drug-likeness (QED) is 0.684. The molecule has 0 aliphatic heterocycles. The van der Waals surface area contributed by atoms with Gasteiger partial charge < -0.3 is 14.8 Å². The van der Waals surface area contributed by atoms with Crippen LogP contribution in [0.2, 0.25) is 0 Å². The number of benzene rings is 3. The zero-order valence-corrected chi connectivity index (χ0v) is 15.4. The lowest BCUT2D eigenvalue weighted by Gasteiger charge is -2.15. The van der Waals surface area contributed by atoms with Gasteiger partial charge in [0, 0.05) is 11.1 Å². The average molecular weight is 374 g/mol. The van der Waals surface area contributed by atoms with Crippen molar-refractivity contribution in [3.05, 3.63) is 71.8 Å². The van der Waals surface area contributed by atoms with E-state index in [0.29, 0.717) is 28.0 Å². The second-order valence-corrected chi connectivity index (χ2v) is 6.09. The summed E-state index contributed by atoms with van der Waals surface area (Å²) in [5.74, 6) is -0.441. The zero-order valence-electron chi connectivity index (χ0n) is 15.4. The van der Waals surface area contributed by atoms with E-state index in [0.717, 1.165) is 5.39 Å². The van der Waals surface area contributed by atoms with Crippen LogP contribution in [0, 0.1) is 11.3 Å². The summed E-state index contributed by atoms with van der Waals surface area (Å²) >= 11 is 0. The van der Waals surface area contributed by atoms with Gasteiger partial charge in [0.25, 0.3) is 5.91 Å². The van der Waals surface area contributed by atoms with Gasteiger partial charge in [-0.15, -0.1) is 0 Å². The van der Waals surface area contributed by atoms with E-state index in [-0.39, 0.29) is 0 Å². The Labute approximate surface area is 162 Å². The number of nitrogens with zero attached hydrogens (tertiary/aromatic N) is 1. The topological polar surface area (TPSA) is 88.4 Å². The third kappa shape index (κ3) is 3.94. The zero-order chi connectivity index (χ0) is 20.1. The van der Waals surface area contributed by atoms with Gasteiger partial charge in [-0.25, -0.2) is 4.79 Å². The number of hydrogen-bond acceptors (Lipinski definition) is 5. The molecule has 1 N–H and O–H groups in total. The fourth-order valence-corrected chi connectivity index (χ4v) is 2.82. The standard InChI is InChI=1S/C22H18N2O4/c1-14(21(25)24-16-7-5-6-15(12-16)13-23)28-22(26)19-10-11-20(27-2)18-9-4-3-8-17(18)19/h3-12,14H,1-2H3,(H,24,25)/t14-/m1/s1. The predicted molar refractivity (Wildman–Crippen MR) is 105 cm³/mol. The number of methoxy groups -OCH3 is 1. The van der Waals surface area contributed by atoms with Crippen LogP contribution in [0.1, 0.15) is 22.8 Å². The second kappa shape index (κ2) is 8.23. The van der Waals surface area contributed by atoms with Crippen LogP contribution in [-0.4, -0.2) is 25.1 Å². The molecule has 0 radical (unpaired) electrons. The Bertz CT molecular complexity index is 1090. The molecule has 0 bridgehead atoms. The molecule has 3 aromatic rings. The van der Waals surface area contributed by atoms with E-state index in [1.54, 1.807) is 49.6 Å². The third-order valence-electron chi connectivity index (χ3n) is 4.24. The van der Waals surface area contributed by atoms with Gasteiger partial charge in [-0.05, 0) is 42.6 Å². The lowest BCUT2D eigenvalue weighted by atomic mass is 10.0. The van der Waals surface area contributed by atoms with Crippen LogP contribution >= 0.6 is 0 Å². The van der Waals surface area contributed by atoms with E-state index < -0.39 is 18.0 Å². The summed E-state index contributed by atoms with van der Waals surface area (Å²) in [7, 11) is 1.56. The Balaban J connectivity index is 1.76. The van der Waals surface area contributed by atoms with Crippen molar-refractivity contribution in [2.45, 2.75) is 13.0 Å². The number of nitriles is 1. The van der Waals surface area contributed by atoms with Gasteiger partial charge >= 0.3 is 5.97 Å². The fraction of sp³-hybridized carbons (Fsp3) is 0.136. The van der Waals surface area contributed by atoms with Gasteiger partial charge in [0.05, 0.1) is 24.3 Å². The molecule has 0 fully saturated rings. The van der Waals surface area contributed by atoms with Crippen LogP contribution in [0.5, 0.6) is 5.75 Å².